The van der Waals surface area contributed by atoms with Gasteiger partial charge in [0.25, 0.3) is 11.8 Å². The van der Waals surface area contributed by atoms with Crippen molar-refractivity contribution in [3.05, 3.63) is 119 Å². The zero-order chi connectivity index (χ0) is 31.5. The average Bonchev–Trinajstić information content (AvgIpc) is 3.04. The van der Waals surface area contributed by atoms with Crippen LogP contribution in [0.25, 0.3) is 6.08 Å². The van der Waals surface area contributed by atoms with Gasteiger partial charge in [0.05, 0.1) is 20.0 Å². The quantitative estimate of drug-likeness (QED) is 0.122. The summed E-state index contributed by atoms with van der Waals surface area (Å²) in [5.41, 5.74) is 4.41. The molecule has 4 aromatic rings. The number of ether oxygens (including phenoxy) is 2. The van der Waals surface area contributed by atoms with E-state index in [1.165, 1.54) is 24.9 Å². The van der Waals surface area contributed by atoms with Crippen molar-refractivity contribution in [3.8, 4) is 11.5 Å². The van der Waals surface area contributed by atoms with E-state index in [4.69, 9.17) is 9.47 Å². The number of benzene rings is 4. The molecular formula is C35H35N3O5S. The maximum absolute atomic E-state index is 13.6. The van der Waals surface area contributed by atoms with Crippen LogP contribution in [-0.2, 0) is 16.0 Å². The van der Waals surface area contributed by atoms with Gasteiger partial charge in [-0.05, 0) is 79.1 Å². The van der Waals surface area contributed by atoms with Crippen molar-refractivity contribution in [3.63, 3.8) is 0 Å². The molecule has 0 unspecified atom stereocenters. The molecule has 0 aliphatic rings. The molecule has 0 aliphatic carbocycles. The molecule has 0 radical (unpaired) electrons. The predicted molar refractivity (Wildman–Crippen MR) is 176 cm³/mol. The van der Waals surface area contributed by atoms with Crippen molar-refractivity contribution in [2.75, 3.05) is 30.6 Å². The van der Waals surface area contributed by atoms with Gasteiger partial charge in [0, 0.05) is 27.4 Å². The van der Waals surface area contributed by atoms with Crippen molar-refractivity contribution in [2.24, 2.45) is 0 Å². The summed E-state index contributed by atoms with van der Waals surface area (Å²) in [4.78, 5) is 40.2. The standard InChI is InChI=1S/C35H35N3O5S/c1-5-24-14-9-11-23(2)33(24)38-32(39)22-44-29-16-10-15-27(21-29)36-35(41)30(37-34(40)25-12-7-6-8-13-25)20-26-19-28(42-3)17-18-31(26)43-4/h6-21H,5,22H2,1-4H3,(H,36,41)(H,37,40)(H,38,39)/b30-20+. The van der Waals surface area contributed by atoms with Crippen LogP contribution in [0.5, 0.6) is 11.5 Å². The molecule has 3 amide bonds. The second-order valence-corrected chi connectivity index (χ2v) is 10.8. The molecule has 226 valence electrons. The van der Waals surface area contributed by atoms with Crippen molar-refractivity contribution in [1.29, 1.82) is 0 Å². The lowest BCUT2D eigenvalue weighted by Crippen LogP contribution is -2.30. The number of rotatable bonds is 12. The molecule has 0 aliphatic heterocycles. The van der Waals surface area contributed by atoms with Gasteiger partial charge in [0.2, 0.25) is 5.91 Å². The van der Waals surface area contributed by atoms with E-state index in [-0.39, 0.29) is 17.4 Å². The Morgan fingerprint density at radius 1 is 0.841 bits per heavy atom. The number of carbonyl (C=O) groups is 3. The van der Waals surface area contributed by atoms with E-state index in [1.807, 2.05) is 31.2 Å². The molecule has 0 spiro atoms. The molecule has 0 atom stereocenters. The van der Waals surface area contributed by atoms with Crippen LogP contribution < -0.4 is 25.4 Å². The molecule has 9 heteroatoms. The van der Waals surface area contributed by atoms with E-state index in [2.05, 4.69) is 22.9 Å². The summed E-state index contributed by atoms with van der Waals surface area (Å²) in [6.07, 6.45) is 2.36. The Kier molecular flexibility index (Phi) is 11.2. The average molecular weight is 610 g/mol. The first-order chi connectivity index (χ1) is 21.3. The van der Waals surface area contributed by atoms with Gasteiger partial charge in [-0.1, -0.05) is 49.4 Å². The summed E-state index contributed by atoms with van der Waals surface area (Å²) in [7, 11) is 3.06. The van der Waals surface area contributed by atoms with Crippen molar-refractivity contribution in [1.82, 2.24) is 5.32 Å². The Balaban J connectivity index is 1.52. The maximum atomic E-state index is 13.6. The number of nitrogens with one attached hydrogen (secondary N) is 3. The number of anilines is 2. The highest BCUT2D eigenvalue weighted by atomic mass is 32.2. The fourth-order valence-electron chi connectivity index (χ4n) is 4.44. The van der Waals surface area contributed by atoms with E-state index in [0.29, 0.717) is 28.3 Å². The zero-order valence-electron chi connectivity index (χ0n) is 25.1. The Morgan fingerprint density at radius 2 is 1.61 bits per heavy atom. The number of amides is 3. The van der Waals surface area contributed by atoms with Crippen LogP contribution in [0.15, 0.2) is 102 Å². The third-order valence-electron chi connectivity index (χ3n) is 6.73. The first-order valence-corrected chi connectivity index (χ1v) is 15.0. The van der Waals surface area contributed by atoms with Crippen molar-refractivity contribution < 1.29 is 23.9 Å². The van der Waals surface area contributed by atoms with Gasteiger partial charge in [0.15, 0.2) is 0 Å². The number of carbonyl (C=O) groups excluding carboxylic acids is 3. The van der Waals surface area contributed by atoms with Crippen molar-refractivity contribution in [2.45, 2.75) is 25.2 Å². The molecule has 0 heterocycles. The number of thioether (sulfide) groups is 1. The SMILES string of the molecule is CCc1cccc(C)c1NC(=O)CSc1cccc(NC(=O)/C(=C\c2cc(OC)ccc2OC)NC(=O)c2ccccc2)c1. The number of aryl methyl sites for hydroxylation is 2. The van der Waals surface area contributed by atoms with E-state index < -0.39 is 11.8 Å². The van der Waals surface area contributed by atoms with Crippen LogP contribution in [0.3, 0.4) is 0 Å². The highest BCUT2D eigenvalue weighted by molar-refractivity contribution is 8.00. The van der Waals surface area contributed by atoms with E-state index in [0.717, 1.165) is 28.1 Å². The lowest BCUT2D eigenvalue weighted by Gasteiger charge is -2.14. The van der Waals surface area contributed by atoms with Crippen LogP contribution in [-0.4, -0.2) is 37.7 Å². The van der Waals surface area contributed by atoms with Gasteiger partial charge in [-0.25, -0.2) is 0 Å². The minimum absolute atomic E-state index is 0.00722. The topological polar surface area (TPSA) is 106 Å². The molecule has 4 rings (SSSR count). The molecule has 0 saturated carbocycles. The van der Waals surface area contributed by atoms with Crippen LogP contribution in [0.4, 0.5) is 11.4 Å². The molecule has 44 heavy (non-hydrogen) atoms. The molecule has 4 aromatic carbocycles. The largest absolute Gasteiger partial charge is 0.497 e. The van der Waals surface area contributed by atoms with E-state index >= 15 is 0 Å². The summed E-state index contributed by atoms with van der Waals surface area (Å²) in [5, 5.41) is 8.64. The van der Waals surface area contributed by atoms with Crippen molar-refractivity contribution >= 4 is 46.9 Å². The fourth-order valence-corrected chi connectivity index (χ4v) is 5.19. The molecule has 8 nitrogen and oxygen atoms in total. The minimum atomic E-state index is -0.536. The fraction of sp³-hybridized carbons (Fsp3) is 0.171. The maximum Gasteiger partial charge on any atom is 0.272 e. The normalized spacial score (nSPS) is 11.0. The predicted octanol–water partition coefficient (Wildman–Crippen LogP) is 6.72. The first-order valence-electron chi connectivity index (χ1n) is 14.0. The Hall–Kier alpha value is -5.02. The molecule has 0 fully saturated rings. The van der Waals surface area contributed by atoms with Gasteiger partial charge < -0.3 is 25.4 Å². The Labute approximate surface area is 261 Å². The molecule has 3 N–H and O–H groups in total. The Morgan fingerprint density at radius 3 is 2.34 bits per heavy atom. The second kappa shape index (κ2) is 15.5. The van der Waals surface area contributed by atoms with E-state index in [9.17, 15) is 14.4 Å². The smallest absolute Gasteiger partial charge is 0.272 e. The lowest BCUT2D eigenvalue weighted by atomic mass is 10.1. The zero-order valence-corrected chi connectivity index (χ0v) is 25.9. The lowest BCUT2D eigenvalue weighted by molar-refractivity contribution is -0.114. The number of methoxy groups -OCH3 is 2. The number of hydrogen-bond donors (Lipinski definition) is 3. The summed E-state index contributed by atoms with van der Waals surface area (Å²) < 4.78 is 10.8. The summed E-state index contributed by atoms with van der Waals surface area (Å²) in [6, 6.07) is 27.0. The highest BCUT2D eigenvalue weighted by Crippen LogP contribution is 2.27. The van der Waals surface area contributed by atoms with Crippen LogP contribution in [0.1, 0.15) is 34.0 Å². The van der Waals surface area contributed by atoms with E-state index in [1.54, 1.807) is 73.8 Å². The second-order valence-electron chi connectivity index (χ2n) is 9.77. The third-order valence-corrected chi connectivity index (χ3v) is 7.73. The van der Waals surface area contributed by atoms with Gasteiger partial charge in [0.1, 0.15) is 17.2 Å². The summed E-state index contributed by atoms with van der Waals surface area (Å²) in [5.74, 6) is 0.166. The minimum Gasteiger partial charge on any atom is -0.497 e. The third kappa shape index (κ3) is 8.52. The summed E-state index contributed by atoms with van der Waals surface area (Å²) >= 11 is 1.36. The van der Waals surface area contributed by atoms with Crippen LogP contribution >= 0.6 is 11.8 Å². The van der Waals surface area contributed by atoms with Gasteiger partial charge >= 0.3 is 0 Å². The Bertz CT molecular complexity index is 1670. The summed E-state index contributed by atoms with van der Waals surface area (Å²) in [6.45, 7) is 4.03. The monoisotopic (exact) mass is 609 g/mol. The van der Waals surface area contributed by atoms with Crippen LogP contribution in [0, 0.1) is 6.92 Å². The molecule has 0 aromatic heterocycles. The number of para-hydroxylation sites is 1. The molecular weight excluding hydrogens is 574 g/mol. The number of hydrogen-bond acceptors (Lipinski definition) is 6. The van der Waals surface area contributed by atoms with Crippen LogP contribution in [0.2, 0.25) is 0 Å². The molecule has 0 saturated heterocycles. The van der Waals surface area contributed by atoms with Gasteiger partial charge in [-0.3, -0.25) is 14.4 Å². The first kappa shape index (κ1) is 31.9. The highest BCUT2D eigenvalue weighted by Gasteiger charge is 2.17. The molecule has 0 bridgehead atoms. The van der Waals surface area contributed by atoms with Gasteiger partial charge in [-0.15, -0.1) is 11.8 Å². The van der Waals surface area contributed by atoms with Gasteiger partial charge in [-0.2, -0.15) is 0 Å².